The minimum absolute atomic E-state index is 0.0254. The SMILES string of the molecule is CCCC(O)C(CC)C(O)(CC)CC. The molecule has 0 aliphatic rings. The molecule has 0 rings (SSSR count). The van der Waals surface area contributed by atoms with Crippen molar-refractivity contribution in [2.24, 2.45) is 5.92 Å². The molecule has 0 saturated carbocycles. The maximum Gasteiger partial charge on any atom is 0.0695 e. The van der Waals surface area contributed by atoms with Crippen LogP contribution in [0, 0.1) is 5.92 Å². The van der Waals surface area contributed by atoms with Gasteiger partial charge in [-0.1, -0.05) is 34.1 Å². The van der Waals surface area contributed by atoms with Crippen LogP contribution in [0.4, 0.5) is 0 Å². The second kappa shape index (κ2) is 6.41. The van der Waals surface area contributed by atoms with E-state index in [1.807, 2.05) is 20.8 Å². The van der Waals surface area contributed by atoms with Crippen LogP contribution in [0.15, 0.2) is 0 Å². The quantitative estimate of drug-likeness (QED) is 0.666. The number of hydrogen-bond acceptors (Lipinski definition) is 2. The van der Waals surface area contributed by atoms with Crippen molar-refractivity contribution in [3.05, 3.63) is 0 Å². The Labute approximate surface area is 88.3 Å². The van der Waals surface area contributed by atoms with E-state index in [-0.39, 0.29) is 12.0 Å². The zero-order valence-electron chi connectivity index (χ0n) is 10.1. The van der Waals surface area contributed by atoms with E-state index in [9.17, 15) is 10.2 Å². The fraction of sp³-hybridized carbons (Fsp3) is 1.00. The van der Waals surface area contributed by atoms with Crippen molar-refractivity contribution in [1.29, 1.82) is 0 Å². The van der Waals surface area contributed by atoms with E-state index in [0.717, 1.165) is 32.1 Å². The van der Waals surface area contributed by atoms with E-state index in [2.05, 4.69) is 6.92 Å². The maximum atomic E-state index is 10.3. The Hall–Kier alpha value is -0.0800. The van der Waals surface area contributed by atoms with Gasteiger partial charge in [0.1, 0.15) is 0 Å². The Balaban J connectivity index is 4.50. The average molecular weight is 202 g/mol. The molecule has 0 aromatic heterocycles. The summed E-state index contributed by atoms with van der Waals surface area (Å²) in [5.74, 6) is 0.0254. The van der Waals surface area contributed by atoms with E-state index in [1.54, 1.807) is 0 Å². The first-order valence-corrected chi connectivity index (χ1v) is 5.96. The smallest absolute Gasteiger partial charge is 0.0695 e. The molecular formula is C12H26O2. The standard InChI is InChI=1S/C12H26O2/c1-5-9-11(13)10(6-2)12(14,7-3)8-4/h10-11,13-14H,5-9H2,1-4H3. The second-order valence-corrected chi connectivity index (χ2v) is 4.18. The van der Waals surface area contributed by atoms with Gasteiger partial charge in [0.25, 0.3) is 0 Å². The van der Waals surface area contributed by atoms with Gasteiger partial charge >= 0.3 is 0 Å². The highest BCUT2D eigenvalue weighted by molar-refractivity contribution is 4.87. The summed E-state index contributed by atoms with van der Waals surface area (Å²) in [6, 6.07) is 0. The molecule has 2 atom stereocenters. The monoisotopic (exact) mass is 202 g/mol. The molecule has 2 heteroatoms. The molecule has 0 aromatic rings. The summed E-state index contributed by atoms with van der Waals surface area (Å²) in [7, 11) is 0. The summed E-state index contributed by atoms with van der Waals surface area (Å²) in [5.41, 5.74) is -0.677. The molecule has 0 aliphatic carbocycles. The summed E-state index contributed by atoms with van der Waals surface area (Å²) < 4.78 is 0. The molecule has 0 heterocycles. The van der Waals surface area contributed by atoms with Crippen molar-refractivity contribution < 1.29 is 10.2 Å². The van der Waals surface area contributed by atoms with Gasteiger partial charge in [-0.2, -0.15) is 0 Å². The Morgan fingerprint density at radius 3 is 1.86 bits per heavy atom. The number of hydrogen-bond donors (Lipinski definition) is 2. The lowest BCUT2D eigenvalue weighted by Gasteiger charge is -2.37. The van der Waals surface area contributed by atoms with Crippen molar-refractivity contribution in [2.75, 3.05) is 0 Å². The summed E-state index contributed by atoms with van der Waals surface area (Å²) in [4.78, 5) is 0. The minimum Gasteiger partial charge on any atom is -0.393 e. The largest absolute Gasteiger partial charge is 0.393 e. The molecule has 14 heavy (non-hydrogen) atoms. The van der Waals surface area contributed by atoms with Crippen molar-refractivity contribution >= 4 is 0 Å². The number of rotatable bonds is 7. The van der Waals surface area contributed by atoms with E-state index >= 15 is 0 Å². The second-order valence-electron chi connectivity index (χ2n) is 4.18. The van der Waals surface area contributed by atoms with E-state index in [4.69, 9.17) is 0 Å². The molecule has 0 saturated heterocycles. The lowest BCUT2D eigenvalue weighted by molar-refractivity contribution is -0.0802. The maximum absolute atomic E-state index is 10.3. The normalized spacial score (nSPS) is 16.7. The van der Waals surface area contributed by atoms with Crippen molar-refractivity contribution in [3.63, 3.8) is 0 Å². The molecule has 0 aromatic carbocycles. The molecule has 0 aliphatic heterocycles. The highest BCUT2D eigenvalue weighted by Gasteiger charge is 2.36. The fourth-order valence-corrected chi connectivity index (χ4v) is 2.28. The Kier molecular flexibility index (Phi) is 6.38. The Bertz CT molecular complexity index is 141. The summed E-state index contributed by atoms with van der Waals surface area (Å²) in [6.45, 7) is 8.09. The fourth-order valence-electron chi connectivity index (χ4n) is 2.28. The van der Waals surface area contributed by atoms with Crippen LogP contribution in [-0.2, 0) is 0 Å². The van der Waals surface area contributed by atoms with Crippen molar-refractivity contribution in [3.8, 4) is 0 Å². The average Bonchev–Trinajstić information content (AvgIpc) is 2.19. The Morgan fingerprint density at radius 1 is 1.07 bits per heavy atom. The van der Waals surface area contributed by atoms with Gasteiger partial charge in [0.2, 0.25) is 0 Å². The highest BCUT2D eigenvalue weighted by atomic mass is 16.3. The van der Waals surface area contributed by atoms with Gasteiger partial charge in [0, 0.05) is 5.92 Å². The molecule has 0 amide bonds. The van der Waals surface area contributed by atoms with Gasteiger partial charge in [0.05, 0.1) is 11.7 Å². The molecule has 0 radical (unpaired) electrons. The van der Waals surface area contributed by atoms with Crippen LogP contribution in [0.3, 0.4) is 0 Å². The van der Waals surface area contributed by atoms with Gasteiger partial charge in [-0.25, -0.2) is 0 Å². The number of aliphatic hydroxyl groups is 2. The third kappa shape index (κ3) is 3.25. The lowest BCUT2D eigenvalue weighted by atomic mass is 9.77. The molecular weight excluding hydrogens is 176 g/mol. The lowest BCUT2D eigenvalue weighted by Crippen LogP contribution is -2.43. The van der Waals surface area contributed by atoms with E-state index in [1.165, 1.54) is 0 Å². The van der Waals surface area contributed by atoms with Crippen molar-refractivity contribution in [1.82, 2.24) is 0 Å². The topological polar surface area (TPSA) is 40.5 Å². The molecule has 0 bridgehead atoms. The third-order valence-electron chi connectivity index (χ3n) is 3.40. The molecule has 0 spiro atoms. The van der Waals surface area contributed by atoms with Crippen LogP contribution >= 0.6 is 0 Å². The first kappa shape index (κ1) is 13.9. The van der Waals surface area contributed by atoms with Crippen LogP contribution in [0.1, 0.15) is 59.8 Å². The predicted molar refractivity (Wildman–Crippen MR) is 60.2 cm³/mol. The van der Waals surface area contributed by atoms with Gasteiger partial charge in [0.15, 0.2) is 0 Å². The Morgan fingerprint density at radius 2 is 1.57 bits per heavy atom. The first-order chi connectivity index (χ1) is 6.55. The molecule has 2 unspecified atom stereocenters. The van der Waals surface area contributed by atoms with Gasteiger partial charge in [-0.15, -0.1) is 0 Å². The van der Waals surface area contributed by atoms with Crippen molar-refractivity contribution in [2.45, 2.75) is 71.5 Å². The van der Waals surface area contributed by atoms with Gasteiger partial charge in [-0.3, -0.25) is 0 Å². The molecule has 2 N–H and O–H groups in total. The molecule has 86 valence electrons. The van der Waals surface area contributed by atoms with Crippen LogP contribution in [-0.4, -0.2) is 21.9 Å². The summed E-state index contributed by atoms with van der Waals surface area (Å²) >= 11 is 0. The van der Waals surface area contributed by atoms with Crippen LogP contribution in [0.5, 0.6) is 0 Å². The zero-order chi connectivity index (χ0) is 11.2. The van der Waals surface area contributed by atoms with Gasteiger partial charge < -0.3 is 10.2 Å². The molecule has 0 fully saturated rings. The van der Waals surface area contributed by atoms with E-state index in [0.29, 0.717) is 0 Å². The number of aliphatic hydroxyl groups excluding tert-OH is 1. The summed E-state index contributed by atoms with van der Waals surface area (Å²) in [6.07, 6.45) is 3.71. The minimum atomic E-state index is -0.677. The zero-order valence-corrected chi connectivity index (χ0v) is 10.1. The summed E-state index contributed by atoms with van der Waals surface area (Å²) in [5, 5.41) is 20.3. The highest BCUT2D eigenvalue weighted by Crippen LogP contribution is 2.32. The van der Waals surface area contributed by atoms with Crippen LogP contribution in [0.25, 0.3) is 0 Å². The van der Waals surface area contributed by atoms with Crippen LogP contribution < -0.4 is 0 Å². The first-order valence-electron chi connectivity index (χ1n) is 5.96. The van der Waals surface area contributed by atoms with Gasteiger partial charge in [-0.05, 0) is 25.7 Å². The van der Waals surface area contributed by atoms with E-state index < -0.39 is 5.60 Å². The third-order valence-corrected chi connectivity index (χ3v) is 3.40. The predicted octanol–water partition coefficient (Wildman–Crippen LogP) is 2.72. The van der Waals surface area contributed by atoms with Crippen LogP contribution in [0.2, 0.25) is 0 Å². The molecule has 2 nitrogen and oxygen atoms in total.